The molecule has 0 spiro atoms. The van der Waals surface area contributed by atoms with Crippen molar-refractivity contribution >= 4 is 29.1 Å². The molecule has 2 unspecified atom stereocenters. The highest BCUT2D eigenvalue weighted by Gasteiger charge is 2.53. The van der Waals surface area contributed by atoms with Crippen LogP contribution in [0.5, 0.6) is 0 Å². The summed E-state index contributed by atoms with van der Waals surface area (Å²) in [7, 11) is 0. The Morgan fingerprint density at radius 1 is 1.15 bits per heavy atom. The van der Waals surface area contributed by atoms with Crippen molar-refractivity contribution in [2.24, 2.45) is 0 Å². The third kappa shape index (κ3) is 1.98. The molecule has 0 saturated carbocycles. The second-order valence-corrected chi connectivity index (χ2v) is 5.85. The Kier molecular flexibility index (Phi) is 3.19. The van der Waals surface area contributed by atoms with Gasteiger partial charge in [0.2, 0.25) is 5.91 Å². The van der Waals surface area contributed by atoms with E-state index in [4.69, 9.17) is 23.2 Å². The minimum absolute atomic E-state index is 0.000211. The Labute approximate surface area is 126 Å². The van der Waals surface area contributed by atoms with E-state index in [1.165, 1.54) is 0 Å². The van der Waals surface area contributed by atoms with Crippen LogP contribution < -0.4 is 5.32 Å². The maximum absolute atomic E-state index is 12.1. The molecule has 1 aromatic heterocycles. The molecular weight excluding hydrogens is 295 g/mol. The summed E-state index contributed by atoms with van der Waals surface area (Å²) in [6, 6.07) is 10.9. The molecule has 1 N–H and O–H groups in total. The highest BCUT2D eigenvalue weighted by molar-refractivity contribution is 6.30. The number of pyridine rings is 1. The van der Waals surface area contributed by atoms with Crippen molar-refractivity contribution in [3.05, 3.63) is 63.9 Å². The number of β-lactam (4-membered cyclic amide) rings is 1. The fourth-order valence-corrected chi connectivity index (χ4v) is 2.79. The van der Waals surface area contributed by atoms with Gasteiger partial charge < -0.3 is 5.32 Å². The molecule has 5 heteroatoms. The predicted octanol–water partition coefficient (Wildman–Crippen LogP) is 3.52. The Bertz CT molecular complexity index is 655. The van der Waals surface area contributed by atoms with E-state index >= 15 is 0 Å². The van der Waals surface area contributed by atoms with Gasteiger partial charge in [0.25, 0.3) is 0 Å². The number of carbonyl (C=O) groups excluding carboxylic acids is 1. The highest BCUT2D eigenvalue weighted by Crippen LogP contribution is 2.44. The maximum atomic E-state index is 12.1. The number of hydrogen-bond acceptors (Lipinski definition) is 2. The van der Waals surface area contributed by atoms with Gasteiger partial charge in [-0.1, -0.05) is 41.4 Å². The third-order valence-electron chi connectivity index (χ3n) is 3.85. The number of rotatable bonds is 2. The summed E-state index contributed by atoms with van der Waals surface area (Å²) < 4.78 is 0. The fraction of sp³-hybridized carbons (Fsp3) is 0.200. The number of nitrogens with zero attached hydrogens (tertiary/aromatic N) is 1. The number of nitrogens with one attached hydrogen (secondary N) is 1. The lowest BCUT2D eigenvalue weighted by atomic mass is 9.67. The summed E-state index contributed by atoms with van der Waals surface area (Å²) in [4.78, 5) is 16.2. The number of halogens is 2. The van der Waals surface area contributed by atoms with Gasteiger partial charge in [0.15, 0.2) is 0 Å². The lowest BCUT2D eigenvalue weighted by Crippen LogP contribution is -2.62. The summed E-state index contributed by atoms with van der Waals surface area (Å²) in [5, 5.41) is 4.02. The van der Waals surface area contributed by atoms with E-state index in [1.54, 1.807) is 24.4 Å². The van der Waals surface area contributed by atoms with Gasteiger partial charge in [0, 0.05) is 11.2 Å². The van der Waals surface area contributed by atoms with E-state index in [9.17, 15) is 4.79 Å². The lowest BCUT2D eigenvalue weighted by molar-refractivity contribution is -0.137. The maximum Gasteiger partial charge on any atom is 0.233 e. The van der Waals surface area contributed by atoms with Gasteiger partial charge in [0.05, 0.1) is 11.5 Å². The van der Waals surface area contributed by atoms with Crippen LogP contribution in [0.1, 0.15) is 24.1 Å². The van der Waals surface area contributed by atoms with Crippen molar-refractivity contribution in [2.75, 3.05) is 0 Å². The average Bonchev–Trinajstić information content (AvgIpc) is 2.46. The first-order valence-electron chi connectivity index (χ1n) is 6.20. The Balaban J connectivity index is 1.99. The van der Waals surface area contributed by atoms with Crippen LogP contribution in [0.15, 0.2) is 42.6 Å². The van der Waals surface area contributed by atoms with E-state index in [2.05, 4.69) is 10.3 Å². The van der Waals surface area contributed by atoms with Gasteiger partial charge in [0.1, 0.15) is 5.15 Å². The largest absolute Gasteiger partial charge is 0.347 e. The topological polar surface area (TPSA) is 42.0 Å². The van der Waals surface area contributed by atoms with Gasteiger partial charge in [-0.15, -0.1) is 0 Å². The van der Waals surface area contributed by atoms with Crippen LogP contribution in [0.2, 0.25) is 10.2 Å². The van der Waals surface area contributed by atoms with Crippen molar-refractivity contribution in [2.45, 2.75) is 18.4 Å². The zero-order valence-electron chi connectivity index (χ0n) is 10.7. The number of benzene rings is 1. The highest BCUT2D eigenvalue weighted by atomic mass is 35.5. The molecule has 3 rings (SSSR count). The molecule has 1 aliphatic heterocycles. The smallest absolute Gasteiger partial charge is 0.233 e. The minimum atomic E-state index is -0.611. The SMILES string of the molecule is CC1(c2ccc(Cl)cc2)C(=O)NC1c1ccc(Cl)nc1. The summed E-state index contributed by atoms with van der Waals surface area (Å²) in [6.07, 6.45) is 1.70. The molecule has 2 aromatic rings. The van der Waals surface area contributed by atoms with Crippen molar-refractivity contribution in [1.29, 1.82) is 0 Å². The van der Waals surface area contributed by atoms with Crippen LogP contribution in [0.25, 0.3) is 0 Å². The van der Waals surface area contributed by atoms with Crippen molar-refractivity contribution in [1.82, 2.24) is 10.3 Å². The third-order valence-corrected chi connectivity index (χ3v) is 4.33. The molecule has 102 valence electrons. The van der Waals surface area contributed by atoms with E-state index in [-0.39, 0.29) is 11.9 Å². The van der Waals surface area contributed by atoms with Gasteiger partial charge in [-0.05, 0) is 36.2 Å². The molecule has 1 aromatic carbocycles. The molecule has 0 aliphatic carbocycles. The number of amides is 1. The number of carbonyl (C=O) groups is 1. The van der Waals surface area contributed by atoms with Crippen molar-refractivity contribution in [3.8, 4) is 0 Å². The molecule has 1 amide bonds. The molecule has 1 aliphatic rings. The van der Waals surface area contributed by atoms with Gasteiger partial charge >= 0.3 is 0 Å². The minimum Gasteiger partial charge on any atom is -0.347 e. The molecule has 0 bridgehead atoms. The van der Waals surface area contributed by atoms with Crippen LogP contribution >= 0.6 is 23.2 Å². The zero-order valence-corrected chi connectivity index (χ0v) is 12.2. The predicted molar refractivity (Wildman–Crippen MR) is 78.9 cm³/mol. The normalized spacial score (nSPS) is 24.9. The Morgan fingerprint density at radius 2 is 1.85 bits per heavy atom. The zero-order chi connectivity index (χ0) is 14.3. The van der Waals surface area contributed by atoms with Crippen LogP contribution in [-0.2, 0) is 10.2 Å². The van der Waals surface area contributed by atoms with Crippen LogP contribution in [0.3, 0.4) is 0 Å². The Hall–Kier alpha value is -1.58. The molecule has 0 radical (unpaired) electrons. The molecule has 20 heavy (non-hydrogen) atoms. The van der Waals surface area contributed by atoms with Crippen LogP contribution in [0, 0.1) is 0 Å². The van der Waals surface area contributed by atoms with Crippen molar-refractivity contribution < 1.29 is 4.79 Å². The number of aromatic nitrogens is 1. The first-order chi connectivity index (χ1) is 9.51. The van der Waals surface area contributed by atoms with Crippen molar-refractivity contribution in [3.63, 3.8) is 0 Å². The molecule has 1 saturated heterocycles. The molecular formula is C15H12Cl2N2O. The van der Waals surface area contributed by atoms with E-state index < -0.39 is 5.41 Å². The first-order valence-corrected chi connectivity index (χ1v) is 6.96. The standard InChI is InChI=1S/C15H12Cl2N2O/c1-15(10-3-5-11(16)6-4-10)13(19-14(15)20)9-2-7-12(17)18-8-9/h2-8,13H,1H3,(H,19,20). The lowest BCUT2D eigenvalue weighted by Gasteiger charge is -2.46. The first kappa shape index (κ1) is 13.4. The summed E-state index contributed by atoms with van der Waals surface area (Å²) >= 11 is 11.7. The Morgan fingerprint density at radius 3 is 2.40 bits per heavy atom. The summed E-state index contributed by atoms with van der Waals surface area (Å²) in [5.41, 5.74) is 1.26. The quantitative estimate of drug-likeness (QED) is 0.681. The van der Waals surface area contributed by atoms with E-state index in [0.29, 0.717) is 10.2 Å². The van der Waals surface area contributed by atoms with E-state index in [0.717, 1.165) is 11.1 Å². The molecule has 3 nitrogen and oxygen atoms in total. The number of hydrogen-bond donors (Lipinski definition) is 1. The summed E-state index contributed by atoms with van der Waals surface area (Å²) in [5.74, 6) is -0.000211. The van der Waals surface area contributed by atoms with Crippen LogP contribution in [0.4, 0.5) is 0 Å². The fourth-order valence-electron chi connectivity index (χ4n) is 2.55. The van der Waals surface area contributed by atoms with Gasteiger partial charge in [-0.25, -0.2) is 4.98 Å². The van der Waals surface area contributed by atoms with Crippen LogP contribution in [-0.4, -0.2) is 10.9 Å². The van der Waals surface area contributed by atoms with Gasteiger partial charge in [-0.3, -0.25) is 4.79 Å². The van der Waals surface area contributed by atoms with Gasteiger partial charge in [-0.2, -0.15) is 0 Å². The average molecular weight is 307 g/mol. The second-order valence-electron chi connectivity index (χ2n) is 5.03. The molecule has 1 fully saturated rings. The molecule has 2 heterocycles. The van der Waals surface area contributed by atoms with E-state index in [1.807, 2.05) is 25.1 Å². The monoisotopic (exact) mass is 306 g/mol. The summed E-state index contributed by atoms with van der Waals surface area (Å²) in [6.45, 7) is 1.92. The molecule has 2 atom stereocenters. The second kappa shape index (κ2) is 4.76.